The molecule has 0 aromatic carbocycles. The number of hydrogen-bond acceptors (Lipinski definition) is 6. The van der Waals surface area contributed by atoms with Gasteiger partial charge in [0.25, 0.3) is 5.22 Å². The number of ether oxygens (including phenoxy) is 1. The SMILES string of the molecule is CCOC(=O)C(CSc1ncco1)NC(C)C. The highest BCUT2D eigenvalue weighted by atomic mass is 32.2. The van der Waals surface area contributed by atoms with Gasteiger partial charge in [-0.15, -0.1) is 0 Å². The van der Waals surface area contributed by atoms with Crippen LogP contribution in [0.15, 0.2) is 22.1 Å². The lowest BCUT2D eigenvalue weighted by atomic mass is 10.3. The van der Waals surface area contributed by atoms with Crippen molar-refractivity contribution in [3.63, 3.8) is 0 Å². The number of rotatable bonds is 7. The third-order valence-corrected chi connectivity index (χ3v) is 2.84. The van der Waals surface area contributed by atoms with E-state index in [1.54, 1.807) is 13.1 Å². The lowest BCUT2D eigenvalue weighted by molar-refractivity contribution is -0.145. The summed E-state index contributed by atoms with van der Waals surface area (Å²) in [5.41, 5.74) is 0. The second-order valence-electron chi connectivity index (χ2n) is 3.74. The smallest absolute Gasteiger partial charge is 0.324 e. The molecule has 0 radical (unpaired) electrons. The van der Waals surface area contributed by atoms with Gasteiger partial charge in [0.2, 0.25) is 0 Å². The molecule has 0 amide bonds. The van der Waals surface area contributed by atoms with Crippen molar-refractivity contribution < 1.29 is 13.9 Å². The minimum atomic E-state index is -0.341. The number of aromatic nitrogens is 1. The predicted molar refractivity (Wildman–Crippen MR) is 65.9 cm³/mol. The highest BCUT2D eigenvalue weighted by molar-refractivity contribution is 7.99. The molecule has 1 unspecified atom stereocenters. The maximum atomic E-state index is 11.7. The molecule has 96 valence electrons. The van der Waals surface area contributed by atoms with Crippen LogP contribution in [0.4, 0.5) is 0 Å². The molecule has 17 heavy (non-hydrogen) atoms. The van der Waals surface area contributed by atoms with Crippen LogP contribution < -0.4 is 5.32 Å². The largest absolute Gasteiger partial charge is 0.465 e. The Balaban J connectivity index is 2.48. The first-order valence-corrected chi connectivity index (χ1v) is 6.57. The van der Waals surface area contributed by atoms with Crippen LogP contribution >= 0.6 is 11.8 Å². The van der Waals surface area contributed by atoms with Gasteiger partial charge in [0, 0.05) is 11.8 Å². The summed E-state index contributed by atoms with van der Waals surface area (Å²) >= 11 is 1.39. The molecule has 0 bridgehead atoms. The van der Waals surface area contributed by atoms with Crippen molar-refractivity contribution in [2.24, 2.45) is 0 Å². The quantitative estimate of drug-likeness (QED) is 0.593. The standard InChI is InChI=1S/C11H18N2O3S/c1-4-15-10(14)9(13-8(2)3)7-17-11-12-5-6-16-11/h5-6,8-9,13H,4,7H2,1-3H3. The van der Waals surface area contributed by atoms with Crippen molar-refractivity contribution in [2.75, 3.05) is 12.4 Å². The van der Waals surface area contributed by atoms with Crippen LogP contribution in [-0.2, 0) is 9.53 Å². The summed E-state index contributed by atoms with van der Waals surface area (Å²) in [5, 5.41) is 3.72. The molecule has 6 heteroatoms. The molecule has 5 nitrogen and oxygen atoms in total. The van der Waals surface area contributed by atoms with E-state index < -0.39 is 0 Å². The highest BCUT2D eigenvalue weighted by Crippen LogP contribution is 2.16. The van der Waals surface area contributed by atoms with E-state index in [0.29, 0.717) is 17.6 Å². The molecule has 0 aliphatic carbocycles. The van der Waals surface area contributed by atoms with Gasteiger partial charge in [-0.25, -0.2) is 4.98 Å². The van der Waals surface area contributed by atoms with E-state index in [1.165, 1.54) is 18.0 Å². The van der Waals surface area contributed by atoms with Gasteiger partial charge in [-0.05, 0) is 6.92 Å². The molecule has 0 saturated heterocycles. The van der Waals surface area contributed by atoms with Gasteiger partial charge in [0.1, 0.15) is 12.3 Å². The van der Waals surface area contributed by atoms with E-state index in [9.17, 15) is 4.79 Å². The number of carbonyl (C=O) groups excluding carboxylic acids is 1. The van der Waals surface area contributed by atoms with Crippen molar-refractivity contribution in [3.05, 3.63) is 12.5 Å². The van der Waals surface area contributed by atoms with Crippen molar-refractivity contribution in [3.8, 4) is 0 Å². The molecule has 1 atom stereocenters. The van der Waals surface area contributed by atoms with Crippen molar-refractivity contribution in [1.29, 1.82) is 0 Å². The van der Waals surface area contributed by atoms with Gasteiger partial charge in [0.15, 0.2) is 0 Å². The number of thioether (sulfide) groups is 1. The number of carbonyl (C=O) groups is 1. The van der Waals surface area contributed by atoms with Crippen LogP contribution in [0.5, 0.6) is 0 Å². The summed E-state index contributed by atoms with van der Waals surface area (Å²) in [6.45, 7) is 6.16. The Labute approximate surface area is 105 Å². The maximum absolute atomic E-state index is 11.7. The second-order valence-corrected chi connectivity index (χ2v) is 4.71. The second kappa shape index (κ2) is 7.34. The van der Waals surface area contributed by atoms with E-state index in [2.05, 4.69) is 10.3 Å². The third-order valence-electron chi connectivity index (χ3n) is 1.89. The molecule has 0 fully saturated rings. The van der Waals surface area contributed by atoms with Gasteiger partial charge in [0.05, 0.1) is 12.8 Å². The summed E-state index contributed by atoms with van der Waals surface area (Å²) < 4.78 is 10.1. The monoisotopic (exact) mass is 258 g/mol. The van der Waals surface area contributed by atoms with Crippen molar-refractivity contribution >= 4 is 17.7 Å². The molecule has 0 saturated carbocycles. The van der Waals surface area contributed by atoms with Crippen LogP contribution in [-0.4, -0.2) is 35.4 Å². The molecule has 1 heterocycles. The number of oxazole rings is 1. The van der Waals surface area contributed by atoms with Gasteiger partial charge >= 0.3 is 5.97 Å². The average Bonchev–Trinajstić information content (AvgIpc) is 2.76. The zero-order valence-electron chi connectivity index (χ0n) is 10.3. The van der Waals surface area contributed by atoms with Crippen LogP contribution in [0, 0.1) is 0 Å². The van der Waals surface area contributed by atoms with Crippen LogP contribution in [0.1, 0.15) is 20.8 Å². The number of nitrogens with zero attached hydrogens (tertiary/aromatic N) is 1. The minimum absolute atomic E-state index is 0.217. The lowest BCUT2D eigenvalue weighted by Crippen LogP contribution is -2.43. The van der Waals surface area contributed by atoms with Crippen LogP contribution in [0.25, 0.3) is 0 Å². The Morgan fingerprint density at radius 3 is 2.94 bits per heavy atom. The Hall–Kier alpha value is -1.01. The van der Waals surface area contributed by atoms with E-state index in [4.69, 9.17) is 9.15 Å². The molecular formula is C11H18N2O3S. The van der Waals surface area contributed by atoms with E-state index in [0.717, 1.165) is 0 Å². The topological polar surface area (TPSA) is 64.4 Å². The Kier molecular flexibility index (Phi) is 6.07. The van der Waals surface area contributed by atoms with Gasteiger partial charge in [-0.3, -0.25) is 4.79 Å². The highest BCUT2D eigenvalue weighted by Gasteiger charge is 2.21. The fourth-order valence-electron chi connectivity index (χ4n) is 1.27. The van der Waals surface area contributed by atoms with Crippen molar-refractivity contribution in [2.45, 2.75) is 38.1 Å². The lowest BCUT2D eigenvalue weighted by Gasteiger charge is -2.18. The van der Waals surface area contributed by atoms with E-state index in [1.807, 2.05) is 13.8 Å². The Morgan fingerprint density at radius 2 is 2.41 bits per heavy atom. The summed E-state index contributed by atoms with van der Waals surface area (Å²) in [5.74, 6) is 0.303. The zero-order valence-corrected chi connectivity index (χ0v) is 11.1. The summed E-state index contributed by atoms with van der Waals surface area (Å²) in [6, 6.07) is -0.124. The third kappa shape index (κ3) is 5.23. The number of hydrogen-bond donors (Lipinski definition) is 1. The zero-order chi connectivity index (χ0) is 12.7. The Morgan fingerprint density at radius 1 is 1.65 bits per heavy atom. The first-order chi connectivity index (χ1) is 8.13. The fourth-order valence-corrected chi connectivity index (χ4v) is 2.07. The van der Waals surface area contributed by atoms with E-state index in [-0.39, 0.29) is 18.1 Å². The van der Waals surface area contributed by atoms with E-state index >= 15 is 0 Å². The Bertz CT molecular complexity index is 327. The van der Waals surface area contributed by atoms with Crippen LogP contribution in [0.2, 0.25) is 0 Å². The van der Waals surface area contributed by atoms with Gasteiger partial charge in [-0.2, -0.15) is 0 Å². The minimum Gasteiger partial charge on any atom is -0.465 e. The molecule has 0 aliphatic rings. The molecule has 0 spiro atoms. The fraction of sp³-hybridized carbons (Fsp3) is 0.636. The summed E-state index contributed by atoms with van der Waals surface area (Å²) in [7, 11) is 0. The molecule has 1 rings (SSSR count). The molecular weight excluding hydrogens is 240 g/mol. The average molecular weight is 258 g/mol. The first kappa shape index (κ1) is 14.1. The predicted octanol–water partition coefficient (Wildman–Crippen LogP) is 1.70. The summed E-state index contributed by atoms with van der Waals surface area (Å²) in [6.07, 6.45) is 3.09. The molecule has 0 aliphatic heterocycles. The van der Waals surface area contributed by atoms with Gasteiger partial charge < -0.3 is 14.5 Å². The first-order valence-electron chi connectivity index (χ1n) is 5.58. The number of nitrogens with one attached hydrogen (secondary N) is 1. The molecule has 1 N–H and O–H groups in total. The molecule has 1 aromatic heterocycles. The number of esters is 1. The molecule has 1 aromatic rings. The van der Waals surface area contributed by atoms with Gasteiger partial charge in [-0.1, -0.05) is 25.6 Å². The van der Waals surface area contributed by atoms with Crippen LogP contribution in [0.3, 0.4) is 0 Å². The summed E-state index contributed by atoms with van der Waals surface area (Å²) in [4.78, 5) is 15.7. The normalized spacial score (nSPS) is 12.7. The maximum Gasteiger partial charge on any atom is 0.324 e. The van der Waals surface area contributed by atoms with Crippen molar-refractivity contribution in [1.82, 2.24) is 10.3 Å².